The third-order valence-corrected chi connectivity index (χ3v) is 6.98. The molecule has 0 saturated heterocycles. The van der Waals surface area contributed by atoms with Crippen LogP contribution in [-0.4, -0.2) is 60.7 Å². The molecule has 3 rings (SSSR count). The number of anilines is 2. The second-order valence-electron chi connectivity index (χ2n) is 10.7. The molecule has 5 N–H and O–H groups in total. The van der Waals surface area contributed by atoms with E-state index in [1.807, 2.05) is 0 Å². The Morgan fingerprint density at radius 3 is 1.77 bits per heavy atom. The highest BCUT2D eigenvalue weighted by Crippen LogP contribution is 2.28. The molecule has 3 aromatic rings. The summed E-state index contributed by atoms with van der Waals surface area (Å²) >= 11 is 0. The zero-order chi connectivity index (χ0) is 31.8. The van der Waals surface area contributed by atoms with Gasteiger partial charge in [-0.15, -0.1) is 0 Å². The number of carbonyl (C=O) groups is 3. The maximum absolute atomic E-state index is 13.4. The summed E-state index contributed by atoms with van der Waals surface area (Å²) in [5.41, 5.74) is 0.796. The molecule has 3 aromatic carbocycles. The van der Waals surface area contributed by atoms with Crippen LogP contribution in [0.2, 0.25) is 0 Å². The van der Waals surface area contributed by atoms with Crippen LogP contribution in [0.3, 0.4) is 0 Å². The number of alkyl carbamates (subject to hydrolysis) is 1. The number of amides is 3. The Balaban J connectivity index is 1.82. The highest BCUT2D eigenvalue weighted by molar-refractivity contribution is 7.87. The lowest BCUT2D eigenvalue weighted by Crippen LogP contribution is -2.55. The maximum atomic E-state index is 13.4. The number of hydrogen-bond donors (Lipinski definition) is 5. The predicted molar refractivity (Wildman–Crippen MR) is 161 cm³/mol. The number of nitrogens with one attached hydrogen (secondary N) is 3. The number of carbonyl (C=O) groups excluding carboxylic acids is 3. The summed E-state index contributed by atoms with van der Waals surface area (Å²) in [5, 5.41) is 17.4. The van der Waals surface area contributed by atoms with Crippen LogP contribution in [0.4, 0.5) is 16.2 Å². The van der Waals surface area contributed by atoms with E-state index in [-0.39, 0.29) is 30.0 Å². The molecular weight excluding hydrogens is 576 g/mol. The van der Waals surface area contributed by atoms with Crippen LogP contribution in [0.15, 0.2) is 78.9 Å². The van der Waals surface area contributed by atoms with Crippen molar-refractivity contribution in [3.05, 3.63) is 90.0 Å². The Morgan fingerprint density at radius 2 is 1.28 bits per heavy atom. The lowest BCUT2D eigenvalue weighted by Gasteiger charge is -2.25. The number of benzene rings is 3. The quantitative estimate of drug-likeness (QED) is 0.205. The molecule has 13 heteroatoms. The predicted octanol–water partition coefficient (Wildman–Crippen LogP) is 3.24. The molecule has 0 spiro atoms. The molecule has 0 aromatic heterocycles. The minimum Gasteiger partial charge on any atom is -0.508 e. The molecule has 0 aliphatic rings. The third-order valence-electron chi connectivity index (χ3n) is 6.10. The van der Waals surface area contributed by atoms with Crippen LogP contribution in [0.1, 0.15) is 31.9 Å². The van der Waals surface area contributed by atoms with Crippen molar-refractivity contribution in [2.75, 3.05) is 11.4 Å². The minimum absolute atomic E-state index is 0.0290. The van der Waals surface area contributed by atoms with E-state index in [1.54, 1.807) is 63.2 Å². The molecule has 0 heterocycles. The van der Waals surface area contributed by atoms with E-state index < -0.39 is 45.9 Å². The molecule has 230 valence electrons. The zero-order valence-electron chi connectivity index (χ0n) is 24.3. The first-order valence-electron chi connectivity index (χ1n) is 13.4. The molecule has 0 bridgehead atoms. The summed E-state index contributed by atoms with van der Waals surface area (Å²) in [6.07, 6.45) is -0.743. The van der Waals surface area contributed by atoms with E-state index in [4.69, 9.17) is 4.74 Å². The molecular formula is C30H36N4O8S. The molecule has 3 amide bonds. The van der Waals surface area contributed by atoms with Crippen molar-refractivity contribution in [2.45, 2.75) is 51.3 Å². The van der Waals surface area contributed by atoms with Crippen molar-refractivity contribution >= 4 is 39.6 Å². The number of likely N-dealkylation sites (N-methyl/N-ethyl adjacent to an activating group) is 1. The first-order chi connectivity index (χ1) is 20.2. The lowest BCUT2D eigenvalue weighted by molar-refractivity contribution is -0.129. The Labute approximate surface area is 250 Å². The Kier molecular flexibility index (Phi) is 10.7. The van der Waals surface area contributed by atoms with Crippen LogP contribution in [0.25, 0.3) is 0 Å². The van der Waals surface area contributed by atoms with Gasteiger partial charge in [0.05, 0.1) is 11.4 Å². The Morgan fingerprint density at radius 1 is 0.791 bits per heavy atom. The molecule has 2 unspecified atom stereocenters. The smallest absolute Gasteiger partial charge is 0.408 e. The SMILES string of the molecule is CNC(=O)C(Cc1ccc(N(c2ccccc2)S(=O)(=O)O)cc1)NC(=O)C(Cc1ccc(O)cc1)NC(=O)OC(C)(C)C. The number of aromatic hydroxyl groups is 1. The first kappa shape index (κ1) is 32.9. The van der Waals surface area contributed by atoms with Crippen molar-refractivity contribution in [1.29, 1.82) is 0 Å². The van der Waals surface area contributed by atoms with Gasteiger partial charge in [-0.2, -0.15) is 8.42 Å². The summed E-state index contributed by atoms with van der Waals surface area (Å²) in [4.78, 5) is 38.8. The minimum atomic E-state index is -4.65. The number of ether oxygens (including phenoxy) is 1. The van der Waals surface area contributed by atoms with Crippen molar-refractivity contribution in [1.82, 2.24) is 16.0 Å². The topological polar surface area (TPSA) is 174 Å². The summed E-state index contributed by atoms with van der Waals surface area (Å²) in [5.74, 6) is -1.10. The van der Waals surface area contributed by atoms with Gasteiger partial charge in [0.2, 0.25) is 11.8 Å². The average molecular weight is 613 g/mol. The Hall–Kier alpha value is -4.62. The second kappa shape index (κ2) is 14.0. The van der Waals surface area contributed by atoms with Crippen LogP contribution in [-0.2, 0) is 37.5 Å². The number of rotatable bonds is 11. The van der Waals surface area contributed by atoms with Crippen LogP contribution in [0, 0.1) is 0 Å². The molecule has 0 aliphatic carbocycles. The van der Waals surface area contributed by atoms with E-state index in [1.165, 1.54) is 43.4 Å². The van der Waals surface area contributed by atoms with E-state index in [0.717, 1.165) is 4.31 Å². The third kappa shape index (κ3) is 10.0. The average Bonchev–Trinajstić information content (AvgIpc) is 2.93. The van der Waals surface area contributed by atoms with E-state index in [2.05, 4.69) is 16.0 Å². The largest absolute Gasteiger partial charge is 0.508 e. The molecule has 43 heavy (non-hydrogen) atoms. The second-order valence-corrected chi connectivity index (χ2v) is 12.0. The van der Waals surface area contributed by atoms with Crippen molar-refractivity contribution < 1.29 is 37.2 Å². The Bertz CT molecular complexity index is 1510. The number of phenolic OH excluding ortho intramolecular Hbond substituents is 1. The standard InChI is InChI=1S/C30H36N4O8S/c1-30(2,3)42-29(38)33-26(19-21-12-16-24(35)17-13-21)28(37)32-25(27(36)31-4)18-20-10-14-23(15-11-20)34(43(39,40)41)22-8-6-5-7-9-22/h5-17,25-26,35H,18-19H2,1-4H3,(H,31,36)(H,32,37)(H,33,38)(H,39,40,41). The van der Waals surface area contributed by atoms with Crippen LogP contribution in [0.5, 0.6) is 5.75 Å². The van der Waals surface area contributed by atoms with Gasteiger partial charge in [0.15, 0.2) is 0 Å². The van der Waals surface area contributed by atoms with Gasteiger partial charge < -0.3 is 25.8 Å². The monoisotopic (exact) mass is 612 g/mol. The molecule has 0 fully saturated rings. The van der Waals surface area contributed by atoms with E-state index in [9.17, 15) is 32.5 Å². The molecule has 0 saturated carbocycles. The van der Waals surface area contributed by atoms with Gasteiger partial charge in [-0.1, -0.05) is 42.5 Å². The number of nitrogens with zero attached hydrogens (tertiary/aromatic N) is 1. The summed E-state index contributed by atoms with van der Waals surface area (Å²) in [7, 11) is -3.23. The number of phenols is 1. The van der Waals surface area contributed by atoms with Crippen molar-refractivity contribution in [3.8, 4) is 5.75 Å². The molecule has 2 atom stereocenters. The zero-order valence-corrected chi connectivity index (χ0v) is 25.1. The van der Waals surface area contributed by atoms with Gasteiger partial charge in [0, 0.05) is 19.9 Å². The maximum Gasteiger partial charge on any atom is 0.408 e. The van der Waals surface area contributed by atoms with Gasteiger partial charge >= 0.3 is 16.4 Å². The molecule has 0 aliphatic heterocycles. The van der Waals surface area contributed by atoms with Gasteiger partial charge in [0.1, 0.15) is 23.4 Å². The summed E-state index contributed by atoms with van der Waals surface area (Å²) in [6.45, 7) is 5.05. The fourth-order valence-corrected chi connectivity index (χ4v) is 4.94. The fraction of sp³-hybridized carbons (Fsp3) is 0.300. The van der Waals surface area contributed by atoms with E-state index >= 15 is 0 Å². The van der Waals surface area contributed by atoms with Crippen molar-refractivity contribution in [2.24, 2.45) is 0 Å². The normalized spacial score (nSPS) is 12.9. The van der Waals surface area contributed by atoms with Crippen LogP contribution < -0.4 is 20.3 Å². The van der Waals surface area contributed by atoms with Gasteiger partial charge in [-0.25, -0.2) is 9.10 Å². The highest BCUT2D eigenvalue weighted by atomic mass is 32.2. The van der Waals surface area contributed by atoms with Gasteiger partial charge in [-0.05, 0) is 68.3 Å². The number of hydrogen-bond acceptors (Lipinski definition) is 7. The number of para-hydroxylation sites is 1. The molecule has 0 radical (unpaired) electrons. The summed E-state index contributed by atoms with van der Waals surface area (Å²) in [6, 6.07) is 18.1. The molecule has 12 nitrogen and oxygen atoms in total. The van der Waals surface area contributed by atoms with Crippen molar-refractivity contribution in [3.63, 3.8) is 0 Å². The fourth-order valence-electron chi connectivity index (χ4n) is 4.16. The lowest BCUT2D eigenvalue weighted by atomic mass is 10.0. The van der Waals surface area contributed by atoms with Gasteiger partial charge in [-0.3, -0.25) is 14.1 Å². The van der Waals surface area contributed by atoms with Gasteiger partial charge in [0.25, 0.3) is 0 Å². The summed E-state index contributed by atoms with van der Waals surface area (Å²) < 4.78 is 40.2. The highest BCUT2D eigenvalue weighted by Gasteiger charge is 2.29. The van der Waals surface area contributed by atoms with Crippen LogP contribution >= 0.6 is 0 Å². The van der Waals surface area contributed by atoms with E-state index in [0.29, 0.717) is 11.1 Å². The first-order valence-corrected chi connectivity index (χ1v) is 14.8.